The van der Waals surface area contributed by atoms with E-state index in [1.54, 1.807) is 17.0 Å². The summed E-state index contributed by atoms with van der Waals surface area (Å²) in [6.45, 7) is 7.80. The molecule has 1 aromatic rings. The highest BCUT2D eigenvalue weighted by Gasteiger charge is 2.31. The molecule has 1 N–H and O–H groups in total. The molecule has 0 atom stereocenters. The number of likely N-dealkylation sites (tertiary alicyclic amines) is 1. The van der Waals surface area contributed by atoms with E-state index in [0.29, 0.717) is 37.4 Å². The summed E-state index contributed by atoms with van der Waals surface area (Å²) in [4.78, 5) is 38.1. The van der Waals surface area contributed by atoms with Crippen molar-refractivity contribution in [3.63, 3.8) is 0 Å². The van der Waals surface area contributed by atoms with Crippen LogP contribution in [0.3, 0.4) is 0 Å². The Morgan fingerprint density at radius 2 is 1.83 bits per heavy atom. The number of benzene rings is 1. The molecular formula is C21H30N2O6. The molecule has 0 aromatic heterocycles. The minimum absolute atomic E-state index is 0.338. The maximum atomic E-state index is 12.3. The van der Waals surface area contributed by atoms with Gasteiger partial charge in [0, 0.05) is 13.1 Å². The molecular weight excluding hydrogens is 376 g/mol. The minimum Gasteiger partial charge on any atom is -0.495 e. The Labute approximate surface area is 171 Å². The van der Waals surface area contributed by atoms with Gasteiger partial charge in [-0.2, -0.15) is 0 Å². The first-order valence-corrected chi connectivity index (χ1v) is 9.68. The van der Waals surface area contributed by atoms with E-state index in [-0.39, 0.29) is 18.6 Å². The van der Waals surface area contributed by atoms with E-state index in [2.05, 4.69) is 5.32 Å². The van der Waals surface area contributed by atoms with Crippen molar-refractivity contribution in [2.24, 2.45) is 5.92 Å². The molecule has 1 aliphatic heterocycles. The summed E-state index contributed by atoms with van der Waals surface area (Å²) in [7, 11) is 1.52. The van der Waals surface area contributed by atoms with Crippen LogP contribution in [0.2, 0.25) is 0 Å². The van der Waals surface area contributed by atoms with Crippen molar-refractivity contribution < 1.29 is 28.6 Å². The Morgan fingerprint density at radius 3 is 2.41 bits per heavy atom. The van der Waals surface area contributed by atoms with Crippen molar-refractivity contribution in [2.45, 2.75) is 46.1 Å². The molecule has 0 unspecified atom stereocenters. The molecule has 0 saturated carbocycles. The van der Waals surface area contributed by atoms with Crippen LogP contribution in [-0.2, 0) is 19.1 Å². The third kappa shape index (κ3) is 6.96. The first-order valence-electron chi connectivity index (χ1n) is 9.68. The number of hydrogen-bond acceptors (Lipinski definition) is 6. The van der Waals surface area contributed by atoms with Gasteiger partial charge in [0.1, 0.15) is 11.4 Å². The number of methoxy groups -OCH3 is 1. The monoisotopic (exact) mass is 406 g/mol. The van der Waals surface area contributed by atoms with Gasteiger partial charge in [0.05, 0.1) is 18.7 Å². The molecule has 1 aliphatic rings. The molecule has 0 spiro atoms. The van der Waals surface area contributed by atoms with Gasteiger partial charge < -0.3 is 24.4 Å². The molecule has 0 bridgehead atoms. The first-order chi connectivity index (χ1) is 13.6. The minimum atomic E-state index is -0.555. The molecule has 1 fully saturated rings. The molecule has 8 heteroatoms. The third-order valence-electron chi connectivity index (χ3n) is 4.45. The lowest BCUT2D eigenvalue weighted by Crippen LogP contribution is -2.43. The second-order valence-corrected chi connectivity index (χ2v) is 8.10. The van der Waals surface area contributed by atoms with Gasteiger partial charge in [-0.15, -0.1) is 0 Å². The molecule has 1 heterocycles. The molecule has 2 amide bonds. The fraction of sp³-hybridized carbons (Fsp3) is 0.571. The average molecular weight is 406 g/mol. The maximum absolute atomic E-state index is 12.3. The van der Waals surface area contributed by atoms with Crippen LogP contribution in [0.4, 0.5) is 10.5 Å². The molecule has 29 heavy (non-hydrogen) atoms. The van der Waals surface area contributed by atoms with E-state index in [9.17, 15) is 14.4 Å². The summed E-state index contributed by atoms with van der Waals surface area (Å²) < 4.78 is 15.7. The van der Waals surface area contributed by atoms with Gasteiger partial charge in [0.25, 0.3) is 5.91 Å². The highest BCUT2D eigenvalue weighted by Crippen LogP contribution is 2.25. The van der Waals surface area contributed by atoms with E-state index < -0.39 is 17.5 Å². The van der Waals surface area contributed by atoms with Gasteiger partial charge in [-0.05, 0) is 58.2 Å². The van der Waals surface area contributed by atoms with Crippen molar-refractivity contribution in [1.29, 1.82) is 0 Å². The number of rotatable bonds is 5. The average Bonchev–Trinajstić information content (AvgIpc) is 2.65. The first kappa shape index (κ1) is 22.5. The normalized spacial score (nSPS) is 14.9. The number of nitrogens with one attached hydrogen (secondary N) is 1. The van der Waals surface area contributed by atoms with Crippen LogP contribution in [0.25, 0.3) is 0 Å². The zero-order chi connectivity index (χ0) is 21.6. The molecule has 0 radical (unpaired) electrons. The lowest BCUT2D eigenvalue weighted by atomic mass is 9.97. The quantitative estimate of drug-likeness (QED) is 0.755. The van der Waals surface area contributed by atoms with E-state index in [4.69, 9.17) is 14.2 Å². The Hall–Kier alpha value is -2.77. The lowest BCUT2D eigenvalue weighted by molar-refractivity contribution is -0.153. The number of anilines is 1. The summed E-state index contributed by atoms with van der Waals surface area (Å²) in [5, 5.41) is 2.69. The lowest BCUT2D eigenvalue weighted by Gasteiger charge is -2.32. The summed E-state index contributed by atoms with van der Waals surface area (Å²) in [5.74, 6) is -0.673. The summed E-state index contributed by atoms with van der Waals surface area (Å²) in [5.41, 5.74) is 0.939. The van der Waals surface area contributed by atoms with Crippen LogP contribution in [0.15, 0.2) is 18.2 Å². The number of carbonyl (C=O) groups excluding carboxylic acids is 3. The zero-order valence-electron chi connectivity index (χ0n) is 17.7. The molecule has 8 nitrogen and oxygen atoms in total. The topological polar surface area (TPSA) is 94.2 Å². The van der Waals surface area contributed by atoms with Crippen molar-refractivity contribution in [2.75, 3.05) is 32.1 Å². The Balaban J connectivity index is 1.78. The second kappa shape index (κ2) is 9.62. The van der Waals surface area contributed by atoms with Crippen LogP contribution < -0.4 is 10.1 Å². The maximum Gasteiger partial charge on any atom is 0.410 e. The van der Waals surface area contributed by atoms with Crippen molar-refractivity contribution in [3.8, 4) is 5.75 Å². The fourth-order valence-corrected chi connectivity index (χ4v) is 2.98. The third-order valence-corrected chi connectivity index (χ3v) is 4.45. The number of ether oxygens (including phenoxy) is 3. The van der Waals surface area contributed by atoms with Crippen LogP contribution in [0.5, 0.6) is 5.75 Å². The van der Waals surface area contributed by atoms with Crippen LogP contribution in [0, 0.1) is 12.8 Å². The Kier molecular flexibility index (Phi) is 7.47. The van der Waals surface area contributed by atoms with Crippen LogP contribution in [-0.4, -0.2) is 55.3 Å². The van der Waals surface area contributed by atoms with Gasteiger partial charge in [-0.25, -0.2) is 4.79 Å². The van der Waals surface area contributed by atoms with Crippen LogP contribution in [0.1, 0.15) is 39.2 Å². The second-order valence-electron chi connectivity index (χ2n) is 8.10. The van der Waals surface area contributed by atoms with E-state index in [0.717, 1.165) is 5.56 Å². The highest BCUT2D eigenvalue weighted by molar-refractivity contribution is 5.94. The van der Waals surface area contributed by atoms with Gasteiger partial charge in [0.15, 0.2) is 6.61 Å². The number of nitrogens with zero attached hydrogens (tertiary/aromatic N) is 1. The summed E-state index contributed by atoms with van der Waals surface area (Å²) >= 11 is 0. The number of hydrogen-bond donors (Lipinski definition) is 1. The predicted octanol–water partition coefficient (Wildman–Crippen LogP) is 3.13. The van der Waals surface area contributed by atoms with E-state index in [1.165, 1.54) is 7.11 Å². The fourth-order valence-electron chi connectivity index (χ4n) is 2.98. The molecule has 1 aromatic carbocycles. The number of esters is 1. The zero-order valence-corrected chi connectivity index (χ0v) is 17.7. The molecule has 1 saturated heterocycles. The van der Waals surface area contributed by atoms with Crippen molar-refractivity contribution in [1.82, 2.24) is 4.90 Å². The SMILES string of the molecule is COc1ccc(C)cc1NC(=O)COC(=O)C1CCN(C(=O)OC(C)(C)C)CC1. The number of amides is 2. The number of carbonyl (C=O) groups is 3. The predicted molar refractivity (Wildman–Crippen MR) is 108 cm³/mol. The molecule has 0 aliphatic carbocycles. The number of piperidine rings is 1. The molecule has 2 rings (SSSR count). The van der Waals surface area contributed by atoms with Crippen molar-refractivity contribution >= 4 is 23.7 Å². The van der Waals surface area contributed by atoms with Crippen LogP contribution >= 0.6 is 0 Å². The summed E-state index contributed by atoms with van der Waals surface area (Å²) in [6, 6.07) is 5.42. The standard InChI is InChI=1S/C21H30N2O6/c1-14-6-7-17(27-5)16(12-14)22-18(24)13-28-19(25)15-8-10-23(11-9-15)20(26)29-21(2,3)4/h6-7,12,15H,8-11,13H2,1-5H3,(H,22,24). The molecule has 160 valence electrons. The Morgan fingerprint density at radius 1 is 1.17 bits per heavy atom. The van der Waals surface area contributed by atoms with Gasteiger partial charge in [-0.3, -0.25) is 9.59 Å². The number of aryl methyl sites for hydroxylation is 1. The van der Waals surface area contributed by atoms with Gasteiger partial charge in [0.2, 0.25) is 0 Å². The van der Waals surface area contributed by atoms with Gasteiger partial charge in [-0.1, -0.05) is 6.07 Å². The van der Waals surface area contributed by atoms with E-state index in [1.807, 2.05) is 33.8 Å². The Bertz CT molecular complexity index is 748. The smallest absolute Gasteiger partial charge is 0.410 e. The largest absolute Gasteiger partial charge is 0.495 e. The van der Waals surface area contributed by atoms with Gasteiger partial charge >= 0.3 is 12.1 Å². The summed E-state index contributed by atoms with van der Waals surface area (Å²) in [6.07, 6.45) is 0.576. The highest BCUT2D eigenvalue weighted by atomic mass is 16.6. The van der Waals surface area contributed by atoms with E-state index >= 15 is 0 Å². The van der Waals surface area contributed by atoms with Crippen molar-refractivity contribution in [3.05, 3.63) is 23.8 Å².